The first-order valence-corrected chi connectivity index (χ1v) is 6.37. The Kier molecular flexibility index (Phi) is 6.17. The van der Waals surface area contributed by atoms with Gasteiger partial charge in [-0.3, -0.25) is 5.41 Å². The van der Waals surface area contributed by atoms with Gasteiger partial charge in [-0.15, -0.1) is 0 Å². The summed E-state index contributed by atoms with van der Waals surface area (Å²) >= 11 is 1.31. The molecule has 0 atom stereocenters. The number of rotatable bonds is 6. The quantitative estimate of drug-likeness (QED) is 0.352. The zero-order chi connectivity index (χ0) is 12.5. The van der Waals surface area contributed by atoms with Gasteiger partial charge in [-0.05, 0) is 25.0 Å². The van der Waals surface area contributed by atoms with Crippen LogP contribution in [-0.2, 0) is 4.74 Å². The third-order valence-corrected chi connectivity index (χ3v) is 2.84. The summed E-state index contributed by atoms with van der Waals surface area (Å²) < 4.78 is 5.10. The standard InChI is InChI=1S/C12H16N2O2S/c13-12(14)17-9-5-4-8-16-11(15)10-6-2-1-3-7-10/h1-3,6-7H,4-5,8-9H2,(H3,13,14). The lowest BCUT2D eigenvalue weighted by atomic mass is 10.2. The van der Waals surface area contributed by atoms with Crippen molar-refractivity contribution in [3.63, 3.8) is 0 Å². The van der Waals surface area contributed by atoms with Crippen LogP contribution in [0.3, 0.4) is 0 Å². The molecule has 5 heteroatoms. The third-order valence-electron chi connectivity index (χ3n) is 2.04. The molecule has 0 aromatic heterocycles. The van der Waals surface area contributed by atoms with Crippen LogP contribution < -0.4 is 5.73 Å². The molecule has 0 radical (unpaired) electrons. The van der Waals surface area contributed by atoms with Crippen molar-refractivity contribution in [1.29, 1.82) is 5.41 Å². The first kappa shape index (κ1) is 13.6. The first-order chi connectivity index (χ1) is 8.20. The molecule has 0 saturated heterocycles. The predicted octanol–water partition coefficient (Wildman–Crippen LogP) is 2.25. The Morgan fingerprint density at radius 2 is 2.00 bits per heavy atom. The molecule has 0 aliphatic carbocycles. The van der Waals surface area contributed by atoms with E-state index in [1.165, 1.54) is 11.8 Å². The van der Waals surface area contributed by atoms with Crippen LogP contribution >= 0.6 is 11.8 Å². The maximum Gasteiger partial charge on any atom is 0.338 e. The monoisotopic (exact) mass is 252 g/mol. The van der Waals surface area contributed by atoms with Gasteiger partial charge in [-0.1, -0.05) is 30.0 Å². The minimum absolute atomic E-state index is 0.131. The molecule has 0 aliphatic heterocycles. The number of unbranched alkanes of at least 4 members (excludes halogenated alkanes) is 1. The number of thioether (sulfide) groups is 1. The molecular formula is C12H16N2O2S. The van der Waals surface area contributed by atoms with Crippen LogP contribution in [0.2, 0.25) is 0 Å². The van der Waals surface area contributed by atoms with Gasteiger partial charge in [0.05, 0.1) is 12.2 Å². The summed E-state index contributed by atoms with van der Waals surface area (Å²) in [6, 6.07) is 8.93. The minimum atomic E-state index is -0.287. The minimum Gasteiger partial charge on any atom is -0.462 e. The lowest BCUT2D eigenvalue weighted by molar-refractivity contribution is 0.0500. The summed E-state index contributed by atoms with van der Waals surface area (Å²) in [5, 5.41) is 7.14. The molecule has 0 spiro atoms. The lowest BCUT2D eigenvalue weighted by Gasteiger charge is -2.04. The SMILES string of the molecule is N=C(N)SCCCCOC(=O)c1ccccc1. The highest BCUT2D eigenvalue weighted by Gasteiger charge is 2.04. The van der Waals surface area contributed by atoms with Gasteiger partial charge in [0.1, 0.15) is 0 Å². The molecule has 17 heavy (non-hydrogen) atoms. The van der Waals surface area contributed by atoms with Crippen molar-refractivity contribution in [3.05, 3.63) is 35.9 Å². The molecule has 0 amide bonds. The van der Waals surface area contributed by atoms with E-state index in [0.717, 1.165) is 18.6 Å². The molecule has 0 aliphatic rings. The van der Waals surface area contributed by atoms with Crippen LogP contribution in [0.15, 0.2) is 30.3 Å². The maximum absolute atomic E-state index is 11.5. The van der Waals surface area contributed by atoms with Crippen molar-refractivity contribution in [1.82, 2.24) is 0 Å². The lowest BCUT2D eigenvalue weighted by Crippen LogP contribution is -2.07. The molecule has 1 aromatic carbocycles. The molecule has 0 unspecified atom stereocenters. The molecule has 4 nitrogen and oxygen atoms in total. The zero-order valence-corrected chi connectivity index (χ0v) is 10.3. The van der Waals surface area contributed by atoms with E-state index >= 15 is 0 Å². The van der Waals surface area contributed by atoms with E-state index in [4.69, 9.17) is 15.9 Å². The maximum atomic E-state index is 11.5. The summed E-state index contributed by atoms with van der Waals surface area (Å²) in [7, 11) is 0. The second-order valence-electron chi connectivity index (χ2n) is 3.42. The normalized spacial score (nSPS) is 9.88. The Morgan fingerprint density at radius 1 is 1.29 bits per heavy atom. The van der Waals surface area contributed by atoms with E-state index in [-0.39, 0.29) is 11.1 Å². The van der Waals surface area contributed by atoms with Crippen LogP contribution in [0.25, 0.3) is 0 Å². The predicted molar refractivity (Wildman–Crippen MR) is 70.3 cm³/mol. The van der Waals surface area contributed by atoms with Crippen LogP contribution in [0.1, 0.15) is 23.2 Å². The number of amidine groups is 1. The fraction of sp³-hybridized carbons (Fsp3) is 0.333. The highest BCUT2D eigenvalue weighted by molar-refractivity contribution is 8.13. The first-order valence-electron chi connectivity index (χ1n) is 5.39. The molecular weight excluding hydrogens is 236 g/mol. The molecule has 0 fully saturated rings. The molecule has 1 rings (SSSR count). The largest absolute Gasteiger partial charge is 0.462 e. The van der Waals surface area contributed by atoms with Crippen LogP contribution in [0.5, 0.6) is 0 Å². The Morgan fingerprint density at radius 3 is 2.65 bits per heavy atom. The van der Waals surface area contributed by atoms with E-state index in [0.29, 0.717) is 12.2 Å². The molecule has 0 heterocycles. The zero-order valence-electron chi connectivity index (χ0n) is 9.52. The van der Waals surface area contributed by atoms with Gasteiger partial charge in [0.2, 0.25) is 0 Å². The van der Waals surface area contributed by atoms with E-state index < -0.39 is 0 Å². The van der Waals surface area contributed by atoms with Crippen molar-refractivity contribution in [2.75, 3.05) is 12.4 Å². The second-order valence-corrected chi connectivity index (χ2v) is 4.56. The number of benzene rings is 1. The molecule has 3 N–H and O–H groups in total. The summed E-state index contributed by atoms with van der Waals surface area (Å²) in [6.45, 7) is 0.409. The molecule has 0 saturated carbocycles. The highest BCUT2D eigenvalue weighted by Crippen LogP contribution is 2.05. The average Bonchev–Trinajstić information content (AvgIpc) is 2.34. The van der Waals surface area contributed by atoms with E-state index in [1.54, 1.807) is 24.3 Å². The Balaban J connectivity index is 2.11. The van der Waals surface area contributed by atoms with Gasteiger partial charge < -0.3 is 10.5 Å². The fourth-order valence-electron chi connectivity index (χ4n) is 1.21. The number of carbonyl (C=O) groups excluding carboxylic acids is 1. The van der Waals surface area contributed by atoms with E-state index in [1.807, 2.05) is 6.07 Å². The number of hydrogen-bond donors (Lipinski definition) is 2. The summed E-state index contributed by atoms with van der Waals surface area (Å²) in [6.07, 6.45) is 1.67. The number of nitrogens with one attached hydrogen (secondary N) is 1. The topological polar surface area (TPSA) is 76.2 Å². The van der Waals surface area contributed by atoms with Gasteiger partial charge in [0.15, 0.2) is 5.17 Å². The van der Waals surface area contributed by atoms with Crippen LogP contribution in [0.4, 0.5) is 0 Å². The Bertz CT molecular complexity index is 368. The van der Waals surface area contributed by atoms with Crippen molar-refractivity contribution >= 4 is 22.9 Å². The van der Waals surface area contributed by atoms with Gasteiger partial charge in [0, 0.05) is 5.75 Å². The summed E-state index contributed by atoms with van der Waals surface area (Å²) in [5.74, 6) is 0.503. The van der Waals surface area contributed by atoms with Gasteiger partial charge in [-0.25, -0.2) is 4.79 Å². The molecule has 0 bridgehead atoms. The Labute approximate surface area is 105 Å². The van der Waals surface area contributed by atoms with E-state index in [9.17, 15) is 4.79 Å². The number of nitrogens with two attached hydrogens (primary N) is 1. The van der Waals surface area contributed by atoms with Gasteiger partial charge in [-0.2, -0.15) is 0 Å². The second kappa shape index (κ2) is 7.73. The number of esters is 1. The number of hydrogen-bond acceptors (Lipinski definition) is 4. The highest BCUT2D eigenvalue weighted by atomic mass is 32.2. The summed E-state index contributed by atoms with van der Waals surface area (Å²) in [5.41, 5.74) is 5.77. The van der Waals surface area contributed by atoms with Crippen molar-refractivity contribution in [3.8, 4) is 0 Å². The number of ether oxygens (including phenoxy) is 1. The average molecular weight is 252 g/mol. The summed E-state index contributed by atoms with van der Waals surface area (Å²) in [4.78, 5) is 11.5. The van der Waals surface area contributed by atoms with Crippen molar-refractivity contribution in [2.24, 2.45) is 5.73 Å². The van der Waals surface area contributed by atoms with Crippen molar-refractivity contribution < 1.29 is 9.53 Å². The van der Waals surface area contributed by atoms with Crippen LogP contribution in [0, 0.1) is 5.41 Å². The van der Waals surface area contributed by atoms with Crippen molar-refractivity contribution in [2.45, 2.75) is 12.8 Å². The van der Waals surface area contributed by atoms with Gasteiger partial charge >= 0.3 is 5.97 Å². The smallest absolute Gasteiger partial charge is 0.338 e. The number of carbonyl (C=O) groups is 1. The third kappa shape index (κ3) is 5.97. The Hall–Kier alpha value is -1.49. The fourth-order valence-corrected chi connectivity index (χ4v) is 1.78. The molecule has 92 valence electrons. The van der Waals surface area contributed by atoms with Gasteiger partial charge in [0.25, 0.3) is 0 Å². The van der Waals surface area contributed by atoms with E-state index in [2.05, 4.69) is 0 Å². The van der Waals surface area contributed by atoms with Crippen LogP contribution in [-0.4, -0.2) is 23.5 Å². The molecule has 1 aromatic rings.